The monoisotopic (exact) mass is 261 g/mol. The number of amides is 1. The summed E-state index contributed by atoms with van der Waals surface area (Å²) in [4.78, 5) is 14.0. The number of nitrogens with zero attached hydrogens (tertiary/aromatic N) is 1. The lowest BCUT2D eigenvalue weighted by atomic mass is 10.2. The second-order valence-corrected chi connectivity index (χ2v) is 5.62. The lowest BCUT2D eigenvalue weighted by molar-refractivity contribution is -0.123. The molecule has 1 saturated carbocycles. The molecule has 19 heavy (non-hydrogen) atoms. The molecule has 1 aromatic rings. The summed E-state index contributed by atoms with van der Waals surface area (Å²) in [7, 11) is 2.07. The molecule has 2 rings (SSSR count). The molecule has 1 fully saturated rings. The third-order valence-electron chi connectivity index (χ3n) is 3.83. The van der Waals surface area contributed by atoms with Crippen molar-refractivity contribution in [2.24, 2.45) is 5.73 Å². The van der Waals surface area contributed by atoms with Gasteiger partial charge in [-0.25, -0.2) is 0 Å². The predicted molar refractivity (Wildman–Crippen MR) is 76.5 cm³/mol. The van der Waals surface area contributed by atoms with E-state index in [9.17, 15) is 4.79 Å². The van der Waals surface area contributed by atoms with E-state index in [1.807, 2.05) is 18.2 Å². The van der Waals surface area contributed by atoms with Crippen LogP contribution < -0.4 is 11.1 Å². The van der Waals surface area contributed by atoms with E-state index in [2.05, 4.69) is 36.3 Å². The predicted octanol–water partition coefficient (Wildman–Crippen LogP) is 1.11. The van der Waals surface area contributed by atoms with Gasteiger partial charge in [-0.3, -0.25) is 9.69 Å². The van der Waals surface area contributed by atoms with Gasteiger partial charge in [0.2, 0.25) is 5.91 Å². The van der Waals surface area contributed by atoms with Crippen LogP contribution in [-0.2, 0) is 11.3 Å². The third kappa shape index (κ3) is 3.78. The minimum atomic E-state index is -0.572. The van der Waals surface area contributed by atoms with E-state index < -0.39 is 5.54 Å². The van der Waals surface area contributed by atoms with Gasteiger partial charge in [0, 0.05) is 19.1 Å². The Morgan fingerprint density at radius 2 is 2.05 bits per heavy atom. The zero-order valence-electron chi connectivity index (χ0n) is 11.7. The van der Waals surface area contributed by atoms with Crippen LogP contribution in [-0.4, -0.2) is 36.0 Å². The van der Waals surface area contributed by atoms with E-state index >= 15 is 0 Å². The fourth-order valence-electron chi connectivity index (χ4n) is 1.96. The Balaban J connectivity index is 1.76. The molecular weight excluding hydrogens is 238 g/mol. The van der Waals surface area contributed by atoms with Crippen molar-refractivity contribution in [2.75, 3.05) is 13.6 Å². The normalized spacial score (nSPS) is 18.1. The van der Waals surface area contributed by atoms with Crippen molar-refractivity contribution in [1.82, 2.24) is 10.2 Å². The summed E-state index contributed by atoms with van der Waals surface area (Å²) in [5.74, 6) is -0.00698. The maximum absolute atomic E-state index is 11.8. The average Bonchev–Trinajstić information content (AvgIpc) is 3.16. The van der Waals surface area contributed by atoms with Gasteiger partial charge < -0.3 is 11.1 Å². The topological polar surface area (TPSA) is 58.4 Å². The SMILES string of the molecule is CC(CNC(=O)C1(N)CC1)N(C)Cc1ccccc1. The lowest BCUT2D eigenvalue weighted by Crippen LogP contribution is -2.47. The average molecular weight is 261 g/mol. The first-order valence-electron chi connectivity index (χ1n) is 6.82. The Kier molecular flexibility index (Phi) is 4.22. The zero-order chi connectivity index (χ0) is 13.9. The number of rotatable bonds is 6. The molecule has 0 aliphatic heterocycles. The van der Waals surface area contributed by atoms with Crippen molar-refractivity contribution in [3.8, 4) is 0 Å². The van der Waals surface area contributed by atoms with Gasteiger partial charge in [-0.1, -0.05) is 30.3 Å². The third-order valence-corrected chi connectivity index (χ3v) is 3.83. The quantitative estimate of drug-likeness (QED) is 0.806. The molecule has 104 valence electrons. The van der Waals surface area contributed by atoms with Crippen LogP contribution in [0.3, 0.4) is 0 Å². The van der Waals surface area contributed by atoms with Gasteiger partial charge >= 0.3 is 0 Å². The number of hydrogen-bond donors (Lipinski definition) is 2. The van der Waals surface area contributed by atoms with Crippen LogP contribution in [0.25, 0.3) is 0 Å². The first kappa shape index (κ1) is 14.0. The van der Waals surface area contributed by atoms with E-state index in [1.54, 1.807) is 0 Å². The van der Waals surface area contributed by atoms with Crippen molar-refractivity contribution in [3.05, 3.63) is 35.9 Å². The fourth-order valence-corrected chi connectivity index (χ4v) is 1.96. The van der Waals surface area contributed by atoms with Gasteiger partial charge in [-0.2, -0.15) is 0 Å². The molecule has 0 heterocycles. The first-order valence-corrected chi connectivity index (χ1v) is 6.82. The lowest BCUT2D eigenvalue weighted by Gasteiger charge is -2.25. The maximum atomic E-state index is 11.8. The highest BCUT2D eigenvalue weighted by atomic mass is 16.2. The van der Waals surface area contributed by atoms with E-state index in [4.69, 9.17) is 5.73 Å². The second-order valence-electron chi connectivity index (χ2n) is 5.62. The molecule has 1 unspecified atom stereocenters. The van der Waals surface area contributed by atoms with Crippen LogP contribution in [0.5, 0.6) is 0 Å². The Labute approximate surface area is 115 Å². The molecule has 1 atom stereocenters. The van der Waals surface area contributed by atoms with Crippen molar-refractivity contribution < 1.29 is 4.79 Å². The van der Waals surface area contributed by atoms with Crippen molar-refractivity contribution in [1.29, 1.82) is 0 Å². The van der Waals surface area contributed by atoms with Crippen LogP contribution in [0.15, 0.2) is 30.3 Å². The number of carbonyl (C=O) groups is 1. The minimum Gasteiger partial charge on any atom is -0.353 e. The minimum absolute atomic E-state index is 0.00698. The summed E-state index contributed by atoms with van der Waals surface area (Å²) < 4.78 is 0. The van der Waals surface area contributed by atoms with Crippen LogP contribution in [0, 0.1) is 0 Å². The van der Waals surface area contributed by atoms with E-state index in [0.717, 1.165) is 19.4 Å². The molecule has 0 spiro atoms. The fraction of sp³-hybridized carbons (Fsp3) is 0.533. The second kappa shape index (κ2) is 5.72. The zero-order valence-corrected chi connectivity index (χ0v) is 11.7. The molecule has 1 aliphatic carbocycles. The highest BCUT2D eigenvalue weighted by Gasteiger charge is 2.45. The summed E-state index contributed by atoms with van der Waals surface area (Å²) in [6, 6.07) is 10.6. The summed E-state index contributed by atoms with van der Waals surface area (Å²) in [6.45, 7) is 3.63. The number of benzene rings is 1. The number of likely N-dealkylation sites (N-methyl/N-ethyl adjacent to an activating group) is 1. The van der Waals surface area contributed by atoms with E-state index in [-0.39, 0.29) is 11.9 Å². The molecule has 1 aliphatic rings. The number of nitrogens with two attached hydrogens (primary N) is 1. The Morgan fingerprint density at radius 3 is 2.63 bits per heavy atom. The summed E-state index contributed by atoms with van der Waals surface area (Å²) in [5, 5.41) is 2.95. The van der Waals surface area contributed by atoms with Crippen molar-refractivity contribution in [3.63, 3.8) is 0 Å². The van der Waals surface area contributed by atoms with Crippen LogP contribution in [0.4, 0.5) is 0 Å². The highest BCUT2D eigenvalue weighted by molar-refractivity contribution is 5.88. The van der Waals surface area contributed by atoms with E-state index in [0.29, 0.717) is 6.54 Å². The summed E-state index contributed by atoms with van der Waals surface area (Å²) in [6.07, 6.45) is 1.63. The van der Waals surface area contributed by atoms with Crippen LogP contribution in [0.1, 0.15) is 25.3 Å². The van der Waals surface area contributed by atoms with Crippen molar-refractivity contribution in [2.45, 2.75) is 37.9 Å². The van der Waals surface area contributed by atoms with Crippen LogP contribution >= 0.6 is 0 Å². The summed E-state index contributed by atoms with van der Waals surface area (Å²) >= 11 is 0. The van der Waals surface area contributed by atoms with Gasteiger partial charge in [-0.05, 0) is 32.4 Å². The van der Waals surface area contributed by atoms with Gasteiger partial charge in [0.25, 0.3) is 0 Å². The Hall–Kier alpha value is -1.39. The number of nitrogens with one attached hydrogen (secondary N) is 1. The van der Waals surface area contributed by atoms with Gasteiger partial charge in [0.1, 0.15) is 0 Å². The molecule has 1 amide bonds. The van der Waals surface area contributed by atoms with Gasteiger partial charge in [0.05, 0.1) is 5.54 Å². The summed E-state index contributed by atoms with van der Waals surface area (Å²) in [5.41, 5.74) is 6.56. The van der Waals surface area contributed by atoms with Gasteiger partial charge in [0.15, 0.2) is 0 Å². The molecule has 4 heteroatoms. The molecule has 1 aromatic carbocycles. The first-order chi connectivity index (χ1) is 9.01. The molecule has 4 nitrogen and oxygen atoms in total. The number of carbonyl (C=O) groups excluding carboxylic acids is 1. The smallest absolute Gasteiger partial charge is 0.240 e. The molecule has 3 N–H and O–H groups in total. The molecule has 0 bridgehead atoms. The highest BCUT2D eigenvalue weighted by Crippen LogP contribution is 2.32. The Bertz CT molecular complexity index is 428. The van der Waals surface area contributed by atoms with Crippen molar-refractivity contribution >= 4 is 5.91 Å². The number of hydrogen-bond acceptors (Lipinski definition) is 3. The van der Waals surface area contributed by atoms with E-state index in [1.165, 1.54) is 5.56 Å². The maximum Gasteiger partial charge on any atom is 0.240 e. The molecule has 0 saturated heterocycles. The molecular formula is C15H23N3O. The standard InChI is InChI=1S/C15H23N3O/c1-12(10-17-14(19)15(16)8-9-15)18(2)11-13-6-4-3-5-7-13/h3-7,12H,8-11,16H2,1-2H3,(H,17,19). The van der Waals surface area contributed by atoms with Gasteiger partial charge in [-0.15, -0.1) is 0 Å². The molecule has 0 radical (unpaired) electrons. The Morgan fingerprint density at radius 1 is 1.42 bits per heavy atom. The van der Waals surface area contributed by atoms with Crippen LogP contribution in [0.2, 0.25) is 0 Å². The largest absolute Gasteiger partial charge is 0.353 e. The molecule has 0 aromatic heterocycles.